The lowest BCUT2D eigenvalue weighted by molar-refractivity contribution is 0.0702. The highest BCUT2D eigenvalue weighted by atomic mass is 32.1. The molecule has 5 heteroatoms. The van der Waals surface area contributed by atoms with Crippen LogP contribution in [0.25, 0.3) is 0 Å². The van der Waals surface area contributed by atoms with E-state index >= 15 is 0 Å². The predicted octanol–water partition coefficient (Wildman–Crippen LogP) is 3.10. The van der Waals surface area contributed by atoms with Gasteiger partial charge in [0.05, 0.1) is 7.11 Å². The second-order valence-electron chi connectivity index (χ2n) is 4.76. The Morgan fingerprint density at radius 1 is 1.38 bits per heavy atom. The predicted molar refractivity (Wildman–Crippen MR) is 84.4 cm³/mol. The van der Waals surface area contributed by atoms with Crippen LogP contribution in [0, 0.1) is 6.92 Å². The van der Waals surface area contributed by atoms with Crippen LogP contribution in [-0.4, -0.2) is 24.7 Å². The molecular weight excluding hydrogens is 286 g/mol. The maximum Gasteiger partial charge on any atom is 0.345 e. The van der Waals surface area contributed by atoms with Gasteiger partial charge in [-0.3, -0.25) is 0 Å². The Labute approximate surface area is 128 Å². The van der Waals surface area contributed by atoms with Gasteiger partial charge in [0.1, 0.15) is 10.6 Å². The van der Waals surface area contributed by atoms with Crippen LogP contribution >= 0.6 is 11.3 Å². The van der Waals surface area contributed by atoms with E-state index in [-0.39, 0.29) is 0 Å². The third-order valence-corrected chi connectivity index (χ3v) is 4.51. The monoisotopic (exact) mass is 305 g/mol. The lowest BCUT2D eigenvalue weighted by Gasteiger charge is -2.08. The zero-order chi connectivity index (χ0) is 15.2. The summed E-state index contributed by atoms with van der Waals surface area (Å²) in [4.78, 5) is 12.4. The number of para-hydroxylation sites is 1. The number of benzene rings is 1. The minimum absolute atomic E-state index is 0.397. The molecule has 4 nitrogen and oxygen atoms in total. The van der Waals surface area contributed by atoms with Gasteiger partial charge in [-0.05, 0) is 43.1 Å². The number of aromatic carboxylic acids is 1. The highest BCUT2D eigenvalue weighted by molar-refractivity contribution is 7.14. The number of ether oxygens (including phenoxy) is 1. The first-order chi connectivity index (χ1) is 10.1. The Hall–Kier alpha value is -1.85. The van der Waals surface area contributed by atoms with E-state index in [1.807, 2.05) is 25.1 Å². The Balaban J connectivity index is 1.86. The molecule has 2 rings (SSSR count). The van der Waals surface area contributed by atoms with Crippen LogP contribution in [0.1, 0.15) is 25.7 Å². The van der Waals surface area contributed by atoms with E-state index in [1.54, 1.807) is 13.2 Å². The molecule has 0 radical (unpaired) electrons. The van der Waals surface area contributed by atoms with Gasteiger partial charge in [0.25, 0.3) is 0 Å². The molecule has 0 fully saturated rings. The molecule has 0 saturated carbocycles. The summed E-state index contributed by atoms with van der Waals surface area (Å²) in [5.41, 5.74) is 2.20. The van der Waals surface area contributed by atoms with Crippen LogP contribution < -0.4 is 10.1 Å². The average molecular weight is 305 g/mol. The maximum absolute atomic E-state index is 10.9. The van der Waals surface area contributed by atoms with Gasteiger partial charge in [-0.25, -0.2) is 4.79 Å². The molecule has 0 aliphatic heterocycles. The second-order valence-corrected chi connectivity index (χ2v) is 5.90. The molecular formula is C16H19NO3S. The van der Waals surface area contributed by atoms with E-state index in [4.69, 9.17) is 9.84 Å². The van der Waals surface area contributed by atoms with Crippen molar-refractivity contribution in [1.29, 1.82) is 0 Å². The molecule has 21 heavy (non-hydrogen) atoms. The fraction of sp³-hybridized carbons (Fsp3) is 0.312. The molecule has 0 aliphatic rings. The van der Waals surface area contributed by atoms with Gasteiger partial charge < -0.3 is 15.2 Å². The van der Waals surface area contributed by atoms with Gasteiger partial charge in [0.15, 0.2) is 0 Å². The van der Waals surface area contributed by atoms with E-state index in [0.717, 1.165) is 29.2 Å². The molecule has 2 aromatic rings. The van der Waals surface area contributed by atoms with Gasteiger partial charge in [0, 0.05) is 11.4 Å². The Bertz CT molecular complexity index is 622. The molecule has 0 amide bonds. The minimum Gasteiger partial charge on any atom is -0.496 e. The summed E-state index contributed by atoms with van der Waals surface area (Å²) < 4.78 is 5.32. The van der Waals surface area contributed by atoms with Crippen molar-refractivity contribution in [1.82, 2.24) is 5.32 Å². The Morgan fingerprint density at radius 2 is 2.14 bits per heavy atom. The molecule has 2 N–H and O–H groups in total. The number of carboxylic acids is 1. The van der Waals surface area contributed by atoms with Gasteiger partial charge >= 0.3 is 5.97 Å². The molecule has 112 valence electrons. The second kappa shape index (κ2) is 7.24. The van der Waals surface area contributed by atoms with Gasteiger partial charge in [-0.2, -0.15) is 0 Å². The number of rotatable bonds is 7. The molecule has 0 aliphatic carbocycles. The standard InChI is InChI=1S/C16H19NO3S/c1-11-9-14(16(18)19)21-15(11)10-17-8-7-12-5-3-4-6-13(12)20-2/h3-6,9,17H,7-8,10H2,1-2H3,(H,18,19). The number of hydrogen-bond acceptors (Lipinski definition) is 4. The Kier molecular flexibility index (Phi) is 5.36. The van der Waals surface area contributed by atoms with Crippen molar-refractivity contribution < 1.29 is 14.6 Å². The number of hydrogen-bond donors (Lipinski definition) is 2. The summed E-state index contributed by atoms with van der Waals surface area (Å²) >= 11 is 1.33. The lowest BCUT2D eigenvalue weighted by atomic mass is 10.1. The summed E-state index contributed by atoms with van der Waals surface area (Å²) in [6, 6.07) is 9.69. The molecule has 0 unspecified atom stereocenters. The van der Waals surface area contributed by atoms with Crippen LogP contribution in [0.15, 0.2) is 30.3 Å². The molecule has 0 saturated heterocycles. The topological polar surface area (TPSA) is 58.6 Å². The third kappa shape index (κ3) is 4.06. The number of thiophene rings is 1. The quantitative estimate of drug-likeness (QED) is 0.772. The van der Waals surface area contributed by atoms with Crippen LogP contribution in [0.4, 0.5) is 0 Å². The zero-order valence-corrected chi connectivity index (χ0v) is 13.0. The number of carboxylic acid groups (broad SMARTS) is 1. The summed E-state index contributed by atoms with van der Waals surface area (Å²) in [6.07, 6.45) is 0.875. The maximum atomic E-state index is 10.9. The fourth-order valence-corrected chi connectivity index (χ4v) is 3.12. The molecule has 1 heterocycles. The number of methoxy groups -OCH3 is 1. The highest BCUT2D eigenvalue weighted by Gasteiger charge is 2.10. The molecule has 1 aromatic heterocycles. The first-order valence-electron chi connectivity index (χ1n) is 6.77. The number of aryl methyl sites for hydroxylation is 1. The average Bonchev–Trinajstić information content (AvgIpc) is 2.85. The van der Waals surface area contributed by atoms with Crippen molar-refractivity contribution >= 4 is 17.3 Å². The third-order valence-electron chi connectivity index (χ3n) is 3.28. The van der Waals surface area contributed by atoms with Crippen molar-refractivity contribution in [3.8, 4) is 5.75 Å². The number of nitrogens with one attached hydrogen (secondary N) is 1. The van der Waals surface area contributed by atoms with Gasteiger partial charge in [-0.15, -0.1) is 11.3 Å². The van der Waals surface area contributed by atoms with E-state index in [1.165, 1.54) is 16.9 Å². The molecule has 0 atom stereocenters. The summed E-state index contributed by atoms with van der Waals surface area (Å²) in [7, 11) is 1.68. The molecule has 0 bridgehead atoms. The van der Waals surface area contributed by atoms with Crippen molar-refractivity contribution in [2.75, 3.05) is 13.7 Å². The van der Waals surface area contributed by atoms with Crippen LogP contribution in [0.5, 0.6) is 5.75 Å². The molecule has 1 aromatic carbocycles. The highest BCUT2D eigenvalue weighted by Crippen LogP contribution is 2.22. The summed E-state index contributed by atoms with van der Waals surface area (Å²) in [5.74, 6) is 0.0446. The van der Waals surface area contributed by atoms with Crippen LogP contribution in [0.2, 0.25) is 0 Å². The van der Waals surface area contributed by atoms with Crippen molar-refractivity contribution in [2.45, 2.75) is 19.9 Å². The van der Waals surface area contributed by atoms with Crippen LogP contribution in [0.3, 0.4) is 0 Å². The van der Waals surface area contributed by atoms with Gasteiger partial charge in [0.2, 0.25) is 0 Å². The smallest absolute Gasteiger partial charge is 0.345 e. The van der Waals surface area contributed by atoms with E-state index < -0.39 is 5.97 Å². The van der Waals surface area contributed by atoms with E-state index in [2.05, 4.69) is 11.4 Å². The zero-order valence-electron chi connectivity index (χ0n) is 12.2. The SMILES string of the molecule is COc1ccccc1CCNCc1sc(C(=O)O)cc1C. The Morgan fingerprint density at radius 3 is 2.81 bits per heavy atom. The first kappa shape index (κ1) is 15.5. The summed E-state index contributed by atoms with van der Waals surface area (Å²) in [6.45, 7) is 3.46. The van der Waals surface area contributed by atoms with E-state index in [9.17, 15) is 4.79 Å². The van der Waals surface area contributed by atoms with Crippen molar-refractivity contribution in [2.24, 2.45) is 0 Å². The fourth-order valence-electron chi connectivity index (χ4n) is 2.14. The minimum atomic E-state index is -0.858. The number of carbonyl (C=O) groups is 1. The summed E-state index contributed by atoms with van der Waals surface area (Å²) in [5, 5.41) is 12.3. The van der Waals surface area contributed by atoms with E-state index in [0.29, 0.717) is 11.4 Å². The van der Waals surface area contributed by atoms with Crippen LogP contribution in [-0.2, 0) is 13.0 Å². The molecule has 0 spiro atoms. The van der Waals surface area contributed by atoms with Gasteiger partial charge in [-0.1, -0.05) is 18.2 Å². The normalized spacial score (nSPS) is 10.6. The lowest BCUT2D eigenvalue weighted by Crippen LogP contribution is -2.16. The first-order valence-corrected chi connectivity index (χ1v) is 7.58. The van der Waals surface area contributed by atoms with Crippen molar-refractivity contribution in [3.05, 3.63) is 51.2 Å². The largest absolute Gasteiger partial charge is 0.496 e. The van der Waals surface area contributed by atoms with Crippen molar-refractivity contribution in [3.63, 3.8) is 0 Å².